The Kier molecular flexibility index (Phi) is 5.65. The zero-order valence-corrected chi connectivity index (χ0v) is 14.2. The average Bonchev–Trinajstić information content (AvgIpc) is 2.69. The standard InChI is InChI=1S/C21H15FN2O3/c22-19-7-4-8-20(18(19)13-23)27-17-11-9-16(10-12-17)24-21(25)26-14-15-5-2-1-3-6-15/h1-12H,14H2,(H,24,25). The van der Waals surface area contributed by atoms with Crippen LogP contribution in [0.4, 0.5) is 14.9 Å². The molecule has 0 fully saturated rings. The second-order valence-corrected chi connectivity index (χ2v) is 5.54. The molecule has 0 saturated heterocycles. The van der Waals surface area contributed by atoms with Gasteiger partial charge >= 0.3 is 6.09 Å². The van der Waals surface area contributed by atoms with Crippen LogP contribution in [0.5, 0.6) is 11.5 Å². The highest BCUT2D eigenvalue weighted by molar-refractivity contribution is 5.84. The van der Waals surface area contributed by atoms with Crippen molar-refractivity contribution in [2.75, 3.05) is 5.32 Å². The minimum Gasteiger partial charge on any atom is -0.456 e. The third-order valence-corrected chi connectivity index (χ3v) is 3.63. The predicted octanol–water partition coefficient (Wildman–Crippen LogP) is 5.24. The van der Waals surface area contributed by atoms with Gasteiger partial charge in [-0.15, -0.1) is 0 Å². The van der Waals surface area contributed by atoms with Gasteiger partial charge in [0.1, 0.15) is 35.6 Å². The van der Waals surface area contributed by atoms with E-state index in [1.54, 1.807) is 30.3 Å². The monoisotopic (exact) mass is 362 g/mol. The molecule has 0 radical (unpaired) electrons. The molecule has 27 heavy (non-hydrogen) atoms. The largest absolute Gasteiger partial charge is 0.456 e. The number of hydrogen-bond donors (Lipinski definition) is 1. The van der Waals surface area contributed by atoms with Crippen LogP contribution >= 0.6 is 0 Å². The molecule has 3 aromatic carbocycles. The fraction of sp³-hybridized carbons (Fsp3) is 0.0476. The molecule has 0 bridgehead atoms. The van der Waals surface area contributed by atoms with Crippen LogP contribution in [0.25, 0.3) is 0 Å². The van der Waals surface area contributed by atoms with Crippen molar-refractivity contribution < 1.29 is 18.7 Å². The molecule has 0 aliphatic heterocycles. The van der Waals surface area contributed by atoms with Gasteiger partial charge in [0.25, 0.3) is 0 Å². The summed E-state index contributed by atoms with van der Waals surface area (Å²) in [5.74, 6) is -0.116. The summed E-state index contributed by atoms with van der Waals surface area (Å²) in [6, 6.07) is 21.7. The van der Waals surface area contributed by atoms with E-state index in [1.165, 1.54) is 18.2 Å². The maximum Gasteiger partial charge on any atom is 0.411 e. The molecule has 5 nitrogen and oxygen atoms in total. The molecule has 0 atom stereocenters. The van der Waals surface area contributed by atoms with E-state index < -0.39 is 11.9 Å². The van der Waals surface area contributed by atoms with Crippen LogP contribution in [0, 0.1) is 17.1 Å². The molecule has 0 aromatic heterocycles. The summed E-state index contributed by atoms with van der Waals surface area (Å²) in [7, 11) is 0. The minimum atomic E-state index is -0.644. The molecular weight excluding hydrogens is 347 g/mol. The van der Waals surface area contributed by atoms with E-state index in [4.69, 9.17) is 14.7 Å². The number of rotatable bonds is 5. The molecule has 0 aliphatic carbocycles. The first kappa shape index (κ1) is 18.0. The second kappa shape index (κ2) is 8.50. The van der Waals surface area contributed by atoms with Crippen LogP contribution < -0.4 is 10.1 Å². The number of carbonyl (C=O) groups excluding carboxylic acids is 1. The Morgan fingerprint density at radius 3 is 2.44 bits per heavy atom. The lowest BCUT2D eigenvalue weighted by atomic mass is 10.2. The number of nitrogens with one attached hydrogen (secondary N) is 1. The number of hydrogen-bond acceptors (Lipinski definition) is 4. The van der Waals surface area contributed by atoms with E-state index in [-0.39, 0.29) is 17.9 Å². The number of ether oxygens (including phenoxy) is 2. The fourth-order valence-electron chi connectivity index (χ4n) is 2.31. The Bertz CT molecular complexity index is 967. The van der Waals surface area contributed by atoms with Gasteiger partial charge in [0.05, 0.1) is 0 Å². The Balaban J connectivity index is 1.58. The summed E-state index contributed by atoms with van der Waals surface area (Å²) in [5.41, 5.74) is 1.24. The van der Waals surface area contributed by atoms with Crippen LogP contribution in [-0.2, 0) is 11.3 Å². The van der Waals surface area contributed by atoms with Crippen molar-refractivity contribution in [3.8, 4) is 17.6 Å². The van der Waals surface area contributed by atoms with Crippen molar-refractivity contribution in [2.24, 2.45) is 0 Å². The summed E-state index contributed by atoms with van der Waals surface area (Å²) in [5, 5.41) is 11.6. The molecule has 3 aromatic rings. The molecule has 6 heteroatoms. The molecule has 1 amide bonds. The first-order valence-corrected chi connectivity index (χ1v) is 8.10. The SMILES string of the molecule is N#Cc1c(F)cccc1Oc1ccc(NC(=O)OCc2ccccc2)cc1. The van der Waals surface area contributed by atoms with Gasteiger partial charge in [-0.1, -0.05) is 36.4 Å². The third kappa shape index (κ3) is 4.83. The lowest BCUT2D eigenvalue weighted by Crippen LogP contribution is -2.13. The molecule has 134 valence electrons. The van der Waals surface area contributed by atoms with Crippen molar-refractivity contribution in [1.29, 1.82) is 5.26 Å². The lowest BCUT2D eigenvalue weighted by Gasteiger charge is -2.10. The molecule has 0 spiro atoms. The van der Waals surface area contributed by atoms with E-state index in [0.717, 1.165) is 5.56 Å². The van der Waals surface area contributed by atoms with Crippen LogP contribution in [0.3, 0.4) is 0 Å². The van der Waals surface area contributed by atoms with Crippen molar-refractivity contribution in [1.82, 2.24) is 0 Å². The summed E-state index contributed by atoms with van der Waals surface area (Å²) in [6.45, 7) is 0.171. The summed E-state index contributed by atoms with van der Waals surface area (Å²) in [4.78, 5) is 11.8. The van der Waals surface area contributed by atoms with Gasteiger partial charge in [0.15, 0.2) is 0 Å². The molecule has 3 rings (SSSR count). The van der Waals surface area contributed by atoms with Gasteiger partial charge in [0, 0.05) is 5.69 Å². The van der Waals surface area contributed by atoms with Gasteiger partial charge in [0.2, 0.25) is 0 Å². The van der Waals surface area contributed by atoms with Crippen LogP contribution in [0.2, 0.25) is 0 Å². The Morgan fingerprint density at radius 2 is 1.74 bits per heavy atom. The summed E-state index contributed by atoms with van der Waals surface area (Å²) >= 11 is 0. The van der Waals surface area contributed by atoms with Crippen LogP contribution in [0.15, 0.2) is 72.8 Å². The number of nitriles is 1. The molecule has 0 saturated carbocycles. The molecule has 0 heterocycles. The van der Waals surface area contributed by atoms with Crippen LogP contribution in [-0.4, -0.2) is 6.09 Å². The zero-order chi connectivity index (χ0) is 19.1. The third-order valence-electron chi connectivity index (χ3n) is 3.63. The molecular formula is C21H15FN2O3. The van der Waals surface area contributed by atoms with Gasteiger partial charge in [-0.05, 0) is 42.0 Å². The average molecular weight is 362 g/mol. The van der Waals surface area contributed by atoms with Crippen molar-refractivity contribution in [3.05, 3.63) is 89.7 Å². The van der Waals surface area contributed by atoms with Crippen molar-refractivity contribution in [2.45, 2.75) is 6.61 Å². The Labute approximate surface area is 155 Å². The summed E-state index contributed by atoms with van der Waals surface area (Å²) in [6.07, 6.45) is -0.579. The van der Waals surface area contributed by atoms with Gasteiger partial charge in [-0.3, -0.25) is 5.32 Å². The quantitative estimate of drug-likeness (QED) is 0.674. The fourth-order valence-corrected chi connectivity index (χ4v) is 2.31. The number of nitrogens with zero attached hydrogens (tertiary/aromatic N) is 1. The van der Waals surface area contributed by atoms with E-state index in [2.05, 4.69) is 5.32 Å². The number of benzene rings is 3. The van der Waals surface area contributed by atoms with Crippen LogP contribution in [0.1, 0.15) is 11.1 Å². The van der Waals surface area contributed by atoms with E-state index in [9.17, 15) is 9.18 Å². The second-order valence-electron chi connectivity index (χ2n) is 5.54. The van der Waals surface area contributed by atoms with E-state index in [0.29, 0.717) is 11.4 Å². The number of halogens is 1. The highest BCUT2D eigenvalue weighted by Gasteiger charge is 2.10. The van der Waals surface area contributed by atoms with E-state index in [1.807, 2.05) is 30.3 Å². The highest BCUT2D eigenvalue weighted by Crippen LogP contribution is 2.27. The zero-order valence-electron chi connectivity index (χ0n) is 14.2. The lowest BCUT2D eigenvalue weighted by molar-refractivity contribution is 0.155. The maximum absolute atomic E-state index is 13.6. The molecule has 0 aliphatic rings. The topological polar surface area (TPSA) is 71.3 Å². The number of anilines is 1. The first-order valence-electron chi connectivity index (χ1n) is 8.10. The van der Waals surface area contributed by atoms with E-state index >= 15 is 0 Å². The normalized spacial score (nSPS) is 9.93. The Morgan fingerprint density at radius 1 is 1.00 bits per heavy atom. The first-order chi connectivity index (χ1) is 13.2. The Hall–Kier alpha value is -3.85. The van der Waals surface area contributed by atoms with Crippen molar-refractivity contribution in [3.63, 3.8) is 0 Å². The number of amides is 1. The smallest absolute Gasteiger partial charge is 0.411 e. The number of carbonyl (C=O) groups is 1. The predicted molar refractivity (Wildman–Crippen MR) is 97.9 cm³/mol. The minimum absolute atomic E-state index is 0.125. The molecule has 1 N–H and O–H groups in total. The van der Waals surface area contributed by atoms with Gasteiger partial charge in [-0.2, -0.15) is 5.26 Å². The molecule has 0 unspecified atom stereocenters. The maximum atomic E-state index is 13.6. The van der Waals surface area contributed by atoms with Crippen molar-refractivity contribution >= 4 is 11.8 Å². The van der Waals surface area contributed by atoms with Gasteiger partial charge in [-0.25, -0.2) is 9.18 Å². The summed E-state index contributed by atoms with van der Waals surface area (Å²) < 4.78 is 24.3. The highest BCUT2D eigenvalue weighted by atomic mass is 19.1. The van der Waals surface area contributed by atoms with Gasteiger partial charge < -0.3 is 9.47 Å².